The molecule has 0 saturated carbocycles. The summed E-state index contributed by atoms with van der Waals surface area (Å²) in [5.41, 5.74) is 12.4. The highest BCUT2D eigenvalue weighted by atomic mass is 16.5. The van der Waals surface area contributed by atoms with Crippen LogP contribution in [-0.4, -0.2) is 9.97 Å². The molecule has 6 aromatic rings. The quantitative estimate of drug-likeness (QED) is 0.152. The van der Waals surface area contributed by atoms with Gasteiger partial charge in [0.2, 0.25) is 0 Å². The second-order valence-electron chi connectivity index (χ2n) is 14.8. The fraction of sp³-hybridized carbons (Fsp3) is 0.208. The normalized spacial score (nSPS) is 13.6. The Balaban J connectivity index is 1.30. The third-order valence-corrected chi connectivity index (χ3v) is 9.66. The molecule has 4 heteroatoms. The number of hydrogen-bond donors (Lipinski definition) is 0. The zero-order chi connectivity index (χ0) is 36.2. The molecule has 0 N–H and O–H groups in total. The van der Waals surface area contributed by atoms with Crippen LogP contribution in [0.25, 0.3) is 22.4 Å². The lowest BCUT2D eigenvalue weighted by Crippen LogP contribution is -2.11. The molecule has 52 heavy (non-hydrogen) atoms. The van der Waals surface area contributed by atoms with E-state index in [-0.39, 0.29) is 11.3 Å². The van der Waals surface area contributed by atoms with Crippen molar-refractivity contribution in [1.29, 1.82) is 0 Å². The minimum Gasteiger partial charge on any atom is -0.462 e. The lowest BCUT2D eigenvalue weighted by Gasteiger charge is -2.25. The van der Waals surface area contributed by atoms with Crippen molar-refractivity contribution in [2.24, 2.45) is 0 Å². The van der Waals surface area contributed by atoms with Crippen molar-refractivity contribution in [1.82, 2.24) is 9.97 Å². The highest BCUT2D eigenvalue weighted by Gasteiger charge is 2.25. The van der Waals surface area contributed by atoms with Crippen molar-refractivity contribution in [3.8, 4) is 39.6 Å². The highest BCUT2D eigenvalue weighted by molar-refractivity contribution is 5.78. The number of hydrogen-bond acceptors (Lipinski definition) is 4. The molecule has 2 heterocycles. The van der Waals surface area contributed by atoms with E-state index in [1.807, 2.05) is 67.0 Å². The third kappa shape index (κ3) is 7.77. The molecular formula is C48H46N2O2. The van der Waals surface area contributed by atoms with Gasteiger partial charge < -0.3 is 9.47 Å². The first kappa shape index (κ1) is 34.7. The van der Waals surface area contributed by atoms with E-state index >= 15 is 0 Å². The van der Waals surface area contributed by atoms with Gasteiger partial charge in [-0.15, -0.1) is 0 Å². The second kappa shape index (κ2) is 14.9. The number of ether oxygens (including phenoxy) is 2. The van der Waals surface area contributed by atoms with Crippen LogP contribution in [0.5, 0.6) is 17.2 Å². The third-order valence-electron chi connectivity index (χ3n) is 9.66. The van der Waals surface area contributed by atoms with E-state index in [1.165, 1.54) is 27.8 Å². The first-order valence-corrected chi connectivity index (χ1v) is 18.1. The highest BCUT2D eigenvalue weighted by Crippen LogP contribution is 2.42. The number of allylic oxidation sites excluding steroid dienone is 4. The Kier molecular flexibility index (Phi) is 9.91. The standard InChI is InChI=1S/C48H46N2O2/c1-32-25-33(2)46(34(3)26-32)37-27-36(44-31-38(22-24-50-44)48(4,5)6)29-41(30-37)51-40-18-14-15-35(28-40)47(43-20-12-13-23-49-43)42-19-10-11-21-45(42)52-39-16-8-7-9-17-39/h7-13,15-17,19-31,47H,14,18H2,1-6H3/t47-/m0/s1. The van der Waals surface area contributed by atoms with Crippen LogP contribution in [-0.2, 0) is 5.41 Å². The fourth-order valence-electron chi connectivity index (χ4n) is 7.26. The maximum Gasteiger partial charge on any atom is 0.131 e. The van der Waals surface area contributed by atoms with E-state index in [2.05, 4.69) is 114 Å². The van der Waals surface area contributed by atoms with E-state index in [1.54, 1.807) is 0 Å². The van der Waals surface area contributed by atoms with Crippen molar-refractivity contribution in [2.75, 3.05) is 0 Å². The summed E-state index contributed by atoms with van der Waals surface area (Å²) in [5, 5.41) is 0. The van der Waals surface area contributed by atoms with E-state index in [4.69, 9.17) is 19.4 Å². The molecule has 0 fully saturated rings. The van der Waals surface area contributed by atoms with Crippen molar-refractivity contribution < 1.29 is 9.47 Å². The first-order chi connectivity index (χ1) is 25.1. The Hall–Kier alpha value is -5.74. The summed E-state index contributed by atoms with van der Waals surface area (Å²) in [6.07, 6.45) is 9.94. The van der Waals surface area contributed by atoms with E-state index in [9.17, 15) is 0 Å². The Labute approximate surface area is 308 Å². The Morgan fingerprint density at radius 2 is 1.38 bits per heavy atom. The number of nitrogens with zero attached hydrogens (tertiary/aromatic N) is 2. The lowest BCUT2D eigenvalue weighted by molar-refractivity contribution is 0.401. The number of para-hydroxylation sites is 2. The number of rotatable bonds is 9. The molecule has 1 aliphatic rings. The number of benzene rings is 4. The molecule has 0 radical (unpaired) electrons. The van der Waals surface area contributed by atoms with Gasteiger partial charge >= 0.3 is 0 Å². The van der Waals surface area contributed by atoms with Gasteiger partial charge in [0.1, 0.15) is 23.0 Å². The van der Waals surface area contributed by atoms with Crippen LogP contribution < -0.4 is 9.47 Å². The zero-order valence-electron chi connectivity index (χ0n) is 31.0. The van der Waals surface area contributed by atoms with Gasteiger partial charge in [-0.2, -0.15) is 0 Å². The molecule has 1 atom stereocenters. The van der Waals surface area contributed by atoms with Gasteiger partial charge in [-0.1, -0.05) is 87.0 Å². The maximum atomic E-state index is 6.90. The van der Waals surface area contributed by atoms with Crippen LogP contribution in [0.4, 0.5) is 0 Å². The van der Waals surface area contributed by atoms with E-state index in [0.717, 1.165) is 69.5 Å². The molecule has 4 aromatic carbocycles. The summed E-state index contributed by atoms with van der Waals surface area (Å²) in [6.45, 7) is 13.3. The molecule has 4 nitrogen and oxygen atoms in total. The van der Waals surface area contributed by atoms with Crippen LogP contribution in [0, 0.1) is 20.8 Å². The molecule has 0 aliphatic heterocycles. The van der Waals surface area contributed by atoms with Crippen molar-refractivity contribution in [2.45, 2.75) is 65.7 Å². The topological polar surface area (TPSA) is 44.2 Å². The van der Waals surface area contributed by atoms with Gasteiger partial charge in [0.25, 0.3) is 0 Å². The van der Waals surface area contributed by atoms with Gasteiger partial charge in [0.05, 0.1) is 17.3 Å². The molecule has 0 saturated heterocycles. The van der Waals surface area contributed by atoms with Crippen molar-refractivity contribution >= 4 is 0 Å². The van der Waals surface area contributed by atoms with Gasteiger partial charge in [-0.3, -0.25) is 9.97 Å². The zero-order valence-corrected chi connectivity index (χ0v) is 31.0. The largest absolute Gasteiger partial charge is 0.462 e. The smallest absolute Gasteiger partial charge is 0.131 e. The van der Waals surface area contributed by atoms with Crippen molar-refractivity contribution in [3.63, 3.8) is 0 Å². The summed E-state index contributed by atoms with van der Waals surface area (Å²) in [7, 11) is 0. The summed E-state index contributed by atoms with van der Waals surface area (Å²) in [6, 6.07) is 39.7. The minimum atomic E-state index is -0.149. The van der Waals surface area contributed by atoms with Crippen LogP contribution >= 0.6 is 0 Å². The van der Waals surface area contributed by atoms with Crippen LogP contribution in [0.1, 0.15) is 73.0 Å². The second-order valence-corrected chi connectivity index (χ2v) is 14.8. The molecule has 0 unspecified atom stereocenters. The SMILES string of the molecule is Cc1cc(C)c(-c2cc(OC3=CC([C@H](c4ccccn4)c4ccccc4Oc4ccccc4)=CCC3)cc(-c3cc(C(C)(C)C)ccn3)c2)c(C)c1. The predicted octanol–water partition coefficient (Wildman–Crippen LogP) is 12.6. The summed E-state index contributed by atoms with van der Waals surface area (Å²) >= 11 is 0. The maximum absolute atomic E-state index is 6.90. The Bertz CT molecular complexity index is 2240. The van der Waals surface area contributed by atoms with E-state index < -0.39 is 0 Å². The molecule has 2 aromatic heterocycles. The van der Waals surface area contributed by atoms with Gasteiger partial charge in [0.15, 0.2) is 0 Å². The Morgan fingerprint density at radius 1 is 0.654 bits per heavy atom. The molecule has 0 spiro atoms. The van der Waals surface area contributed by atoms with Crippen molar-refractivity contribution in [3.05, 3.63) is 185 Å². The number of pyridine rings is 2. The molecular weight excluding hydrogens is 637 g/mol. The first-order valence-electron chi connectivity index (χ1n) is 18.1. The van der Waals surface area contributed by atoms with Crippen LogP contribution in [0.2, 0.25) is 0 Å². The number of aromatic nitrogens is 2. The summed E-state index contributed by atoms with van der Waals surface area (Å²) in [4.78, 5) is 9.70. The van der Waals surface area contributed by atoms with Gasteiger partial charge in [-0.25, -0.2) is 0 Å². The molecule has 0 amide bonds. The van der Waals surface area contributed by atoms with Crippen LogP contribution in [0.15, 0.2) is 151 Å². The molecule has 0 bridgehead atoms. The van der Waals surface area contributed by atoms with Gasteiger partial charge in [0, 0.05) is 29.9 Å². The monoisotopic (exact) mass is 682 g/mol. The molecule has 260 valence electrons. The lowest BCUT2D eigenvalue weighted by atomic mass is 9.84. The predicted molar refractivity (Wildman–Crippen MR) is 213 cm³/mol. The summed E-state index contributed by atoms with van der Waals surface area (Å²) < 4.78 is 13.4. The summed E-state index contributed by atoms with van der Waals surface area (Å²) in [5.74, 6) is 3.16. The fourth-order valence-corrected chi connectivity index (χ4v) is 7.26. The minimum absolute atomic E-state index is 0.00329. The number of aryl methyl sites for hydroxylation is 3. The average molecular weight is 683 g/mol. The average Bonchev–Trinajstić information content (AvgIpc) is 3.13. The van der Waals surface area contributed by atoms with E-state index in [0.29, 0.717) is 0 Å². The molecule has 1 aliphatic carbocycles. The van der Waals surface area contributed by atoms with Gasteiger partial charge in [-0.05, 0) is 133 Å². The van der Waals surface area contributed by atoms with Crippen LogP contribution in [0.3, 0.4) is 0 Å². The Morgan fingerprint density at radius 3 is 2.13 bits per heavy atom. The molecule has 7 rings (SSSR count).